The van der Waals surface area contributed by atoms with E-state index in [4.69, 9.17) is 4.74 Å². The lowest BCUT2D eigenvalue weighted by atomic mass is 10.1. The van der Waals surface area contributed by atoms with Crippen molar-refractivity contribution in [1.82, 2.24) is 19.9 Å². The molecule has 5 rings (SSSR count). The van der Waals surface area contributed by atoms with Gasteiger partial charge < -0.3 is 20.3 Å². The van der Waals surface area contributed by atoms with Crippen molar-refractivity contribution in [3.8, 4) is 17.6 Å². The van der Waals surface area contributed by atoms with Crippen LogP contribution in [0.3, 0.4) is 0 Å². The van der Waals surface area contributed by atoms with Gasteiger partial charge in [0, 0.05) is 43.1 Å². The zero-order chi connectivity index (χ0) is 23.7. The van der Waals surface area contributed by atoms with E-state index in [9.17, 15) is 9.59 Å². The van der Waals surface area contributed by atoms with Crippen LogP contribution in [0.5, 0.6) is 5.75 Å². The van der Waals surface area contributed by atoms with Crippen LogP contribution in [0.2, 0.25) is 0 Å². The Bertz CT molecular complexity index is 1320. The topological polar surface area (TPSA) is 109 Å². The predicted molar refractivity (Wildman–Crippen MR) is 127 cm³/mol. The van der Waals surface area contributed by atoms with E-state index in [1.54, 1.807) is 43.5 Å². The van der Waals surface area contributed by atoms with Gasteiger partial charge in [-0.3, -0.25) is 9.59 Å². The van der Waals surface area contributed by atoms with Crippen LogP contribution in [0.4, 0.5) is 11.6 Å². The van der Waals surface area contributed by atoms with Crippen molar-refractivity contribution in [1.29, 1.82) is 0 Å². The lowest BCUT2D eigenvalue weighted by Gasteiger charge is -2.38. The predicted octanol–water partition coefficient (Wildman–Crippen LogP) is 2.42. The molecule has 0 atom stereocenters. The van der Waals surface area contributed by atoms with E-state index in [1.165, 1.54) is 0 Å². The lowest BCUT2D eigenvalue weighted by molar-refractivity contribution is -0.137. The third kappa shape index (κ3) is 4.62. The van der Waals surface area contributed by atoms with Gasteiger partial charge in [-0.1, -0.05) is 5.92 Å². The molecule has 4 heterocycles. The van der Waals surface area contributed by atoms with E-state index in [2.05, 4.69) is 37.4 Å². The zero-order valence-electron chi connectivity index (χ0n) is 19.0. The summed E-state index contributed by atoms with van der Waals surface area (Å²) in [4.78, 5) is 38.4. The van der Waals surface area contributed by atoms with Crippen LogP contribution in [0, 0.1) is 17.8 Å². The number of ether oxygens (including phenoxy) is 1. The van der Waals surface area contributed by atoms with Crippen molar-refractivity contribution in [2.75, 3.05) is 30.8 Å². The summed E-state index contributed by atoms with van der Waals surface area (Å²) >= 11 is 0. The monoisotopic (exact) mass is 456 g/mol. The van der Waals surface area contributed by atoms with E-state index >= 15 is 0 Å². The van der Waals surface area contributed by atoms with Gasteiger partial charge in [0.25, 0.3) is 0 Å². The highest BCUT2D eigenvalue weighted by molar-refractivity contribution is 5.99. The average molecular weight is 457 g/mol. The van der Waals surface area contributed by atoms with Gasteiger partial charge >= 0.3 is 0 Å². The Morgan fingerprint density at radius 3 is 2.56 bits per heavy atom. The fourth-order valence-electron chi connectivity index (χ4n) is 3.69. The van der Waals surface area contributed by atoms with Crippen LogP contribution in [0.15, 0.2) is 36.8 Å². The number of carbonyl (C=O) groups is 2. The minimum atomic E-state index is -0.00558. The van der Waals surface area contributed by atoms with Crippen molar-refractivity contribution < 1.29 is 14.3 Å². The Balaban J connectivity index is 1.34. The second kappa shape index (κ2) is 8.98. The fourth-order valence-corrected chi connectivity index (χ4v) is 3.69. The molecule has 9 nitrogen and oxygen atoms in total. The molecule has 2 amide bonds. The number of nitrogens with one attached hydrogen (secondary N) is 2. The van der Waals surface area contributed by atoms with Crippen LogP contribution in [0.25, 0.3) is 10.8 Å². The van der Waals surface area contributed by atoms with Gasteiger partial charge in [-0.15, -0.1) is 0 Å². The maximum atomic E-state index is 12.2. The standard InChI is InChI=1S/C25H24N6O3/c1-15(32)31-13-20(14-31)34-19-8-7-18(27-11-19)6-5-17-10-29-24(26-2)22-12-28-23(9-21(17)22)30-25(33)16-3-4-16/h7-12,16,20H,3-4,13-14H2,1-2H3,(H,26,29)(H,28,30,33). The minimum Gasteiger partial charge on any atom is -0.485 e. The number of anilines is 2. The summed E-state index contributed by atoms with van der Waals surface area (Å²) in [6, 6.07) is 5.45. The fraction of sp³-hybridized carbons (Fsp3) is 0.320. The first-order chi connectivity index (χ1) is 16.5. The second-order valence-electron chi connectivity index (χ2n) is 8.44. The number of hydrogen-bond acceptors (Lipinski definition) is 7. The molecule has 3 aromatic heterocycles. The van der Waals surface area contributed by atoms with Gasteiger partial charge in [0.1, 0.15) is 29.2 Å². The van der Waals surface area contributed by atoms with E-state index in [-0.39, 0.29) is 23.8 Å². The third-order valence-electron chi connectivity index (χ3n) is 5.87. The van der Waals surface area contributed by atoms with E-state index < -0.39 is 0 Å². The van der Waals surface area contributed by atoms with E-state index in [0.717, 1.165) is 23.6 Å². The van der Waals surface area contributed by atoms with Gasteiger partial charge in [-0.25, -0.2) is 15.0 Å². The Morgan fingerprint density at radius 2 is 1.88 bits per heavy atom. The highest BCUT2D eigenvalue weighted by Crippen LogP contribution is 2.31. The molecule has 2 N–H and O–H groups in total. The Morgan fingerprint density at radius 1 is 1.06 bits per heavy atom. The highest BCUT2D eigenvalue weighted by atomic mass is 16.5. The van der Waals surface area contributed by atoms with Gasteiger partial charge in [0.05, 0.1) is 24.8 Å². The van der Waals surface area contributed by atoms with Crippen LogP contribution in [-0.2, 0) is 9.59 Å². The summed E-state index contributed by atoms with van der Waals surface area (Å²) in [5.74, 6) is 8.20. The molecule has 0 radical (unpaired) electrons. The normalized spacial score (nSPS) is 15.2. The maximum absolute atomic E-state index is 12.2. The number of carbonyl (C=O) groups excluding carboxylic acids is 2. The van der Waals surface area contributed by atoms with E-state index in [1.807, 2.05) is 12.1 Å². The van der Waals surface area contributed by atoms with Crippen molar-refractivity contribution in [3.63, 3.8) is 0 Å². The number of nitrogens with zero attached hydrogens (tertiary/aromatic N) is 4. The lowest BCUT2D eigenvalue weighted by Crippen LogP contribution is -2.55. The summed E-state index contributed by atoms with van der Waals surface area (Å²) in [6.07, 6.45) is 6.88. The summed E-state index contributed by atoms with van der Waals surface area (Å²) < 4.78 is 5.83. The molecule has 1 aliphatic heterocycles. The number of aromatic nitrogens is 3. The molecule has 0 spiro atoms. The number of likely N-dealkylation sites (tertiary alicyclic amines) is 1. The van der Waals surface area contributed by atoms with Crippen LogP contribution in [0.1, 0.15) is 31.0 Å². The molecule has 1 aliphatic carbocycles. The van der Waals surface area contributed by atoms with Crippen molar-refractivity contribution in [2.45, 2.75) is 25.9 Å². The largest absolute Gasteiger partial charge is 0.485 e. The SMILES string of the molecule is CNc1ncc(C#Cc2ccc(OC3CN(C(C)=O)C3)cn2)c2cc(NC(=O)C3CC3)ncc12. The molecule has 172 valence electrons. The maximum Gasteiger partial charge on any atom is 0.228 e. The second-order valence-corrected chi connectivity index (χ2v) is 8.44. The highest BCUT2D eigenvalue weighted by Gasteiger charge is 2.30. The van der Waals surface area contributed by atoms with E-state index in [0.29, 0.717) is 41.7 Å². The minimum absolute atomic E-state index is 0.00444. The first-order valence-corrected chi connectivity index (χ1v) is 11.2. The van der Waals surface area contributed by atoms with Gasteiger partial charge in [-0.2, -0.15) is 0 Å². The smallest absolute Gasteiger partial charge is 0.228 e. The molecule has 2 aliphatic rings. The molecule has 0 aromatic carbocycles. The number of amides is 2. The number of fused-ring (bicyclic) bond motifs is 1. The van der Waals surface area contributed by atoms with Gasteiger partial charge in [0.15, 0.2) is 0 Å². The molecule has 34 heavy (non-hydrogen) atoms. The summed E-state index contributed by atoms with van der Waals surface area (Å²) in [7, 11) is 1.80. The van der Waals surface area contributed by atoms with Gasteiger partial charge in [-0.05, 0) is 37.0 Å². The molecule has 0 unspecified atom stereocenters. The third-order valence-corrected chi connectivity index (χ3v) is 5.87. The average Bonchev–Trinajstić information content (AvgIpc) is 3.65. The Kier molecular flexibility index (Phi) is 5.72. The molecular formula is C25H24N6O3. The molecule has 0 bridgehead atoms. The van der Waals surface area contributed by atoms with Crippen molar-refractivity contribution in [2.24, 2.45) is 5.92 Å². The summed E-state index contributed by atoms with van der Waals surface area (Å²) in [5, 5.41) is 7.61. The number of rotatable bonds is 5. The first-order valence-electron chi connectivity index (χ1n) is 11.2. The van der Waals surface area contributed by atoms with Crippen LogP contribution >= 0.6 is 0 Å². The number of pyridine rings is 3. The van der Waals surface area contributed by atoms with Crippen molar-refractivity contribution >= 4 is 34.2 Å². The summed E-state index contributed by atoms with van der Waals surface area (Å²) in [6.45, 7) is 2.74. The zero-order valence-corrected chi connectivity index (χ0v) is 19.0. The van der Waals surface area contributed by atoms with Crippen molar-refractivity contribution in [3.05, 3.63) is 48.0 Å². The quantitative estimate of drug-likeness (QED) is 0.568. The van der Waals surface area contributed by atoms with Gasteiger partial charge in [0.2, 0.25) is 11.8 Å². The molecule has 2 fully saturated rings. The van der Waals surface area contributed by atoms with Crippen LogP contribution in [-0.4, -0.2) is 57.9 Å². The molecule has 3 aromatic rings. The van der Waals surface area contributed by atoms with Crippen LogP contribution < -0.4 is 15.4 Å². The Labute approximate surface area is 196 Å². The summed E-state index contributed by atoms with van der Waals surface area (Å²) in [5.41, 5.74) is 1.30. The Hall–Kier alpha value is -4.19. The molecular weight excluding hydrogens is 432 g/mol. The first kappa shape index (κ1) is 21.6. The molecule has 1 saturated heterocycles. The molecule has 9 heteroatoms. The molecule has 1 saturated carbocycles. The number of hydrogen-bond donors (Lipinski definition) is 2.